The maximum atomic E-state index is 12.9. The van der Waals surface area contributed by atoms with Crippen molar-refractivity contribution in [1.82, 2.24) is 14.9 Å². The molecule has 1 aliphatic heterocycles. The summed E-state index contributed by atoms with van der Waals surface area (Å²) >= 11 is 9.62. The van der Waals surface area contributed by atoms with Crippen LogP contribution < -0.4 is 15.4 Å². The number of methoxy groups -OCH3 is 1. The zero-order valence-electron chi connectivity index (χ0n) is 20.1. The van der Waals surface area contributed by atoms with Crippen LogP contribution >= 0.6 is 27.5 Å². The van der Waals surface area contributed by atoms with Crippen molar-refractivity contribution >= 4 is 50.8 Å². The van der Waals surface area contributed by atoms with Gasteiger partial charge in [0.15, 0.2) is 0 Å². The predicted molar refractivity (Wildman–Crippen MR) is 144 cm³/mol. The third-order valence-electron chi connectivity index (χ3n) is 6.31. The number of para-hydroxylation sites is 1. The molecule has 0 unspecified atom stereocenters. The number of halogens is 2. The lowest BCUT2D eigenvalue weighted by Gasteiger charge is -2.19. The summed E-state index contributed by atoms with van der Waals surface area (Å²) in [6.07, 6.45) is 5.06. The van der Waals surface area contributed by atoms with Crippen molar-refractivity contribution in [3.63, 3.8) is 0 Å². The van der Waals surface area contributed by atoms with Gasteiger partial charge < -0.3 is 20.3 Å². The highest BCUT2D eigenvalue weighted by molar-refractivity contribution is 9.10. The highest BCUT2D eigenvalue weighted by Crippen LogP contribution is 2.33. The van der Waals surface area contributed by atoms with Crippen molar-refractivity contribution in [2.45, 2.75) is 32.1 Å². The first-order valence-electron chi connectivity index (χ1n) is 11.6. The van der Waals surface area contributed by atoms with E-state index in [-0.39, 0.29) is 11.4 Å². The number of ether oxygens (including phenoxy) is 1. The smallest absolute Gasteiger partial charge is 0.262 e. The van der Waals surface area contributed by atoms with E-state index in [1.54, 1.807) is 18.2 Å². The molecule has 7 nitrogen and oxygen atoms in total. The summed E-state index contributed by atoms with van der Waals surface area (Å²) < 4.78 is 6.06. The molecule has 0 saturated carbocycles. The molecule has 9 heteroatoms. The first-order chi connectivity index (χ1) is 16.9. The van der Waals surface area contributed by atoms with Gasteiger partial charge in [0, 0.05) is 16.4 Å². The molecular formula is C26H29BrClN5O2. The fraction of sp³-hybridized carbons (Fsp3) is 0.346. The monoisotopic (exact) mass is 557 g/mol. The standard InChI is InChI=1S/C26H29BrClN5O2/c1-16-14-18(9-10-19(16)17-6-5-12-33(2)13-11-17)30-26-29-15-20(25(32-26)35-3)24(34)31-23-21(27)7-4-8-22(23)28/h4,7-10,14-15,17H,5-6,11-13H2,1-3H3,(H,31,34)(H,29,30,32)/t17-/m1/s1. The molecule has 1 fully saturated rings. The van der Waals surface area contributed by atoms with E-state index in [1.807, 2.05) is 0 Å². The molecule has 1 atom stereocenters. The molecule has 3 aromatic rings. The van der Waals surface area contributed by atoms with Gasteiger partial charge in [-0.2, -0.15) is 4.98 Å². The number of benzene rings is 2. The Bertz CT molecular complexity index is 1200. The first-order valence-corrected chi connectivity index (χ1v) is 12.8. The Hall–Kier alpha value is -2.68. The van der Waals surface area contributed by atoms with Crippen LogP contribution in [0.5, 0.6) is 5.88 Å². The molecule has 1 aromatic heterocycles. The average molecular weight is 559 g/mol. The van der Waals surface area contributed by atoms with Crippen LogP contribution in [-0.2, 0) is 0 Å². The number of nitrogens with zero attached hydrogens (tertiary/aromatic N) is 3. The van der Waals surface area contributed by atoms with Crippen molar-refractivity contribution in [3.05, 3.63) is 68.8 Å². The fourth-order valence-corrected chi connectivity index (χ4v) is 5.23. The summed E-state index contributed by atoms with van der Waals surface area (Å²) in [6.45, 7) is 4.44. The van der Waals surface area contributed by atoms with Crippen LogP contribution in [0.15, 0.2) is 47.1 Å². The lowest BCUT2D eigenvalue weighted by atomic mass is 9.89. The molecule has 1 saturated heterocycles. The Kier molecular flexibility index (Phi) is 8.26. The molecule has 0 bridgehead atoms. The Morgan fingerprint density at radius 1 is 1.23 bits per heavy atom. The fourth-order valence-electron chi connectivity index (χ4n) is 4.43. The van der Waals surface area contributed by atoms with Crippen LogP contribution in [0.4, 0.5) is 17.3 Å². The van der Waals surface area contributed by atoms with Crippen molar-refractivity contribution in [2.75, 3.05) is 37.9 Å². The third-order valence-corrected chi connectivity index (χ3v) is 7.29. The number of aromatic nitrogens is 2. The minimum absolute atomic E-state index is 0.166. The predicted octanol–water partition coefficient (Wildman–Crippen LogP) is 6.40. The molecule has 1 aliphatic rings. The number of carbonyl (C=O) groups is 1. The molecule has 2 aromatic carbocycles. The van der Waals surface area contributed by atoms with Gasteiger partial charge in [0.05, 0.1) is 17.8 Å². The van der Waals surface area contributed by atoms with E-state index in [2.05, 4.69) is 73.6 Å². The molecule has 0 spiro atoms. The Labute approximate surface area is 219 Å². The second-order valence-corrected chi connectivity index (χ2v) is 10.1. The van der Waals surface area contributed by atoms with Gasteiger partial charge in [-0.05, 0) is 104 Å². The van der Waals surface area contributed by atoms with Crippen LogP contribution in [-0.4, -0.2) is 48.0 Å². The van der Waals surface area contributed by atoms with Gasteiger partial charge in [-0.1, -0.05) is 23.7 Å². The minimum atomic E-state index is -0.420. The van der Waals surface area contributed by atoms with E-state index >= 15 is 0 Å². The number of hydrogen-bond donors (Lipinski definition) is 2. The third kappa shape index (κ3) is 6.12. The normalized spacial score (nSPS) is 16.4. The van der Waals surface area contributed by atoms with Crippen molar-refractivity contribution < 1.29 is 9.53 Å². The molecule has 0 radical (unpaired) electrons. The highest BCUT2D eigenvalue weighted by atomic mass is 79.9. The molecular weight excluding hydrogens is 530 g/mol. The SMILES string of the molecule is COc1nc(Nc2ccc([C@@H]3CCCN(C)CC3)c(C)c2)ncc1C(=O)Nc1c(Cl)cccc1Br. The number of rotatable bonds is 6. The molecule has 2 N–H and O–H groups in total. The molecule has 2 heterocycles. The van der Waals surface area contributed by atoms with E-state index in [1.165, 1.54) is 43.7 Å². The molecule has 4 rings (SSSR count). The zero-order chi connectivity index (χ0) is 24.9. The maximum absolute atomic E-state index is 12.9. The Morgan fingerprint density at radius 2 is 2.06 bits per heavy atom. The largest absolute Gasteiger partial charge is 0.480 e. The first kappa shape index (κ1) is 25.4. The van der Waals surface area contributed by atoms with E-state index in [0.29, 0.717) is 27.0 Å². The molecule has 1 amide bonds. The van der Waals surface area contributed by atoms with Gasteiger partial charge in [-0.3, -0.25) is 4.79 Å². The number of hydrogen-bond acceptors (Lipinski definition) is 6. The van der Waals surface area contributed by atoms with Gasteiger partial charge in [0.2, 0.25) is 11.8 Å². The van der Waals surface area contributed by atoms with Gasteiger partial charge in [0.1, 0.15) is 5.56 Å². The van der Waals surface area contributed by atoms with Crippen LogP contribution in [0.2, 0.25) is 5.02 Å². The van der Waals surface area contributed by atoms with E-state index < -0.39 is 5.91 Å². The van der Waals surface area contributed by atoms with E-state index in [0.717, 1.165) is 18.8 Å². The van der Waals surface area contributed by atoms with Gasteiger partial charge in [-0.15, -0.1) is 0 Å². The molecule has 0 aliphatic carbocycles. The van der Waals surface area contributed by atoms with Crippen LogP contribution in [0, 0.1) is 6.92 Å². The van der Waals surface area contributed by atoms with Crippen molar-refractivity contribution in [1.29, 1.82) is 0 Å². The summed E-state index contributed by atoms with van der Waals surface area (Å²) in [5.41, 5.74) is 4.21. The number of carbonyl (C=O) groups excluding carboxylic acids is 1. The second kappa shape index (κ2) is 11.4. The summed E-state index contributed by atoms with van der Waals surface area (Å²) in [6, 6.07) is 11.7. The number of nitrogens with one attached hydrogen (secondary N) is 2. The van der Waals surface area contributed by atoms with Crippen LogP contribution in [0.25, 0.3) is 0 Å². The van der Waals surface area contributed by atoms with Crippen molar-refractivity contribution in [3.8, 4) is 5.88 Å². The molecule has 184 valence electrons. The number of aryl methyl sites for hydroxylation is 1. The highest BCUT2D eigenvalue weighted by Gasteiger charge is 2.20. The Morgan fingerprint density at radius 3 is 2.80 bits per heavy atom. The number of anilines is 3. The lowest BCUT2D eigenvalue weighted by Crippen LogP contribution is -2.18. The van der Waals surface area contributed by atoms with Crippen LogP contribution in [0.1, 0.15) is 46.7 Å². The summed E-state index contributed by atoms with van der Waals surface area (Å²) in [4.78, 5) is 24.0. The number of amides is 1. The van der Waals surface area contributed by atoms with Crippen molar-refractivity contribution in [2.24, 2.45) is 0 Å². The second-order valence-electron chi connectivity index (χ2n) is 8.79. The van der Waals surface area contributed by atoms with E-state index in [9.17, 15) is 4.79 Å². The Balaban J connectivity index is 1.49. The van der Waals surface area contributed by atoms with E-state index in [4.69, 9.17) is 16.3 Å². The number of likely N-dealkylation sites (tertiary alicyclic amines) is 1. The minimum Gasteiger partial charge on any atom is -0.480 e. The average Bonchev–Trinajstić information content (AvgIpc) is 3.05. The van der Waals surface area contributed by atoms with Crippen LogP contribution in [0.3, 0.4) is 0 Å². The zero-order valence-corrected chi connectivity index (χ0v) is 22.4. The maximum Gasteiger partial charge on any atom is 0.262 e. The van der Waals surface area contributed by atoms with Gasteiger partial charge >= 0.3 is 0 Å². The van der Waals surface area contributed by atoms with Gasteiger partial charge in [0.25, 0.3) is 5.91 Å². The van der Waals surface area contributed by atoms with Gasteiger partial charge in [-0.25, -0.2) is 4.98 Å². The quantitative estimate of drug-likeness (QED) is 0.364. The topological polar surface area (TPSA) is 79.4 Å². The molecule has 35 heavy (non-hydrogen) atoms. The lowest BCUT2D eigenvalue weighted by molar-refractivity contribution is 0.102. The summed E-state index contributed by atoms with van der Waals surface area (Å²) in [5, 5.41) is 6.44. The summed E-state index contributed by atoms with van der Waals surface area (Å²) in [7, 11) is 3.67. The summed E-state index contributed by atoms with van der Waals surface area (Å²) in [5.74, 6) is 0.678.